The summed E-state index contributed by atoms with van der Waals surface area (Å²) in [6, 6.07) is 3.43. The molecule has 8 heteroatoms. The number of nitrogens with two attached hydrogens (primary N) is 1. The number of rotatable bonds is 3. The van der Waals surface area contributed by atoms with E-state index in [1.165, 1.54) is 13.0 Å². The van der Waals surface area contributed by atoms with Gasteiger partial charge in [0.2, 0.25) is 0 Å². The van der Waals surface area contributed by atoms with E-state index >= 15 is 0 Å². The van der Waals surface area contributed by atoms with E-state index in [1.807, 2.05) is 6.07 Å². The third-order valence-electron chi connectivity index (χ3n) is 2.74. The Morgan fingerprint density at radius 1 is 1.68 bits per heavy atom. The molecule has 0 bridgehead atoms. The second kappa shape index (κ2) is 5.20. The normalized spacial score (nSPS) is 16.7. The molecule has 0 radical (unpaired) electrons. The Kier molecular flexibility index (Phi) is 3.95. The van der Waals surface area contributed by atoms with E-state index in [9.17, 15) is 5.02 Å². The molecular formula is C11H11BCl2N2O3. The highest BCUT2D eigenvalue weighted by Crippen LogP contribution is 2.33. The van der Waals surface area contributed by atoms with Crippen molar-refractivity contribution >= 4 is 35.8 Å². The molecule has 0 aliphatic carbocycles. The van der Waals surface area contributed by atoms with Crippen LogP contribution >= 0.6 is 23.2 Å². The lowest BCUT2D eigenvalue weighted by molar-refractivity contribution is 0.265. The number of ether oxygens (including phenoxy) is 1. The zero-order valence-electron chi connectivity index (χ0n) is 10.1. The molecule has 3 N–H and O–H groups in total. The number of benzene rings is 1. The Hall–Kier alpha value is -0.965. The molecule has 1 atom stereocenters. The Balaban J connectivity index is 2.31. The van der Waals surface area contributed by atoms with Gasteiger partial charge in [0.25, 0.3) is 0 Å². The van der Waals surface area contributed by atoms with Crippen LogP contribution in [0, 0.1) is 11.3 Å². The molecule has 0 amide bonds. The molecule has 100 valence electrons. The SMILES string of the molecule is C[C@](N)(C#N)COc1cc(Cl)c2c(c1Cl)B(O)OC2. The molecule has 1 aliphatic rings. The van der Waals surface area contributed by atoms with Gasteiger partial charge < -0.3 is 20.1 Å². The van der Waals surface area contributed by atoms with Gasteiger partial charge in [-0.05, 0) is 12.5 Å². The molecule has 0 saturated heterocycles. The summed E-state index contributed by atoms with van der Waals surface area (Å²) in [4.78, 5) is 0. The van der Waals surface area contributed by atoms with E-state index in [-0.39, 0.29) is 24.0 Å². The molecule has 1 aromatic rings. The molecular weight excluding hydrogens is 290 g/mol. The molecule has 5 nitrogen and oxygen atoms in total. The molecule has 0 unspecified atom stereocenters. The maximum Gasteiger partial charge on any atom is 0.493 e. The first-order valence-corrected chi connectivity index (χ1v) is 6.24. The third kappa shape index (κ3) is 2.81. The average molecular weight is 301 g/mol. The smallest absolute Gasteiger partial charge is 0.489 e. The van der Waals surface area contributed by atoms with Crippen molar-refractivity contribution in [3.63, 3.8) is 0 Å². The minimum Gasteiger partial charge on any atom is -0.489 e. The standard InChI is InChI=1S/C11H11BCl2N2O3/c1-11(16,4-15)5-18-8-2-7(13)6-3-19-12(17)9(6)10(8)14/h2,17H,3,5,16H2,1H3/t11-/m0/s1. The summed E-state index contributed by atoms with van der Waals surface area (Å²) in [7, 11) is -1.12. The van der Waals surface area contributed by atoms with Crippen LogP contribution < -0.4 is 15.9 Å². The van der Waals surface area contributed by atoms with Crippen LogP contribution in [-0.2, 0) is 11.3 Å². The van der Waals surface area contributed by atoms with Crippen LogP contribution in [0.2, 0.25) is 10.0 Å². The second-order valence-corrected chi connectivity index (χ2v) is 5.33. The van der Waals surface area contributed by atoms with Crippen LogP contribution in [0.1, 0.15) is 12.5 Å². The summed E-state index contributed by atoms with van der Waals surface area (Å²) in [6.45, 7) is 1.69. The highest BCUT2D eigenvalue weighted by Gasteiger charge is 2.34. The van der Waals surface area contributed by atoms with Crippen molar-refractivity contribution < 1.29 is 14.4 Å². The number of nitriles is 1. The molecule has 1 aromatic carbocycles. The molecule has 0 aromatic heterocycles. The number of hydrogen-bond donors (Lipinski definition) is 2. The quantitative estimate of drug-likeness (QED) is 0.807. The van der Waals surface area contributed by atoms with Crippen LogP contribution in [0.5, 0.6) is 5.75 Å². The van der Waals surface area contributed by atoms with Gasteiger partial charge >= 0.3 is 7.12 Å². The van der Waals surface area contributed by atoms with Crippen LogP contribution in [0.4, 0.5) is 0 Å². The Labute approximate surface area is 121 Å². The summed E-state index contributed by atoms with van der Waals surface area (Å²) >= 11 is 12.2. The first-order valence-electron chi connectivity index (χ1n) is 5.49. The van der Waals surface area contributed by atoms with Gasteiger partial charge in [-0.1, -0.05) is 23.2 Å². The molecule has 0 saturated carbocycles. The van der Waals surface area contributed by atoms with Crippen LogP contribution in [-0.4, -0.2) is 24.3 Å². The van der Waals surface area contributed by atoms with Gasteiger partial charge in [0.1, 0.15) is 17.9 Å². The van der Waals surface area contributed by atoms with Gasteiger partial charge in [-0.3, -0.25) is 0 Å². The average Bonchev–Trinajstić information content (AvgIpc) is 2.75. The van der Waals surface area contributed by atoms with E-state index in [0.717, 1.165) is 0 Å². The Morgan fingerprint density at radius 3 is 3.00 bits per heavy atom. The highest BCUT2D eigenvalue weighted by atomic mass is 35.5. The maximum atomic E-state index is 9.69. The van der Waals surface area contributed by atoms with Crippen LogP contribution in [0.3, 0.4) is 0 Å². The van der Waals surface area contributed by atoms with Gasteiger partial charge in [-0.25, -0.2) is 0 Å². The topological polar surface area (TPSA) is 88.5 Å². The Morgan fingerprint density at radius 2 is 2.37 bits per heavy atom. The highest BCUT2D eigenvalue weighted by molar-refractivity contribution is 6.66. The molecule has 2 rings (SSSR count). The lowest BCUT2D eigenvalue weighted by atomic mass is 9.79. The summed E-state index contributed by atoms with van der Waals surface area (Å²) < 4.78 is 10.5. The van der Waals surface area contributed by atoms with Crippen molar-refractivity contribution in [1.29, 1.82) is 5.26 Å². The van der Waals surface area contributed by atoms with Gasteiger partial charge in [0, 0.05) is 16.6 Å². The van der Waals surface area contributed by atoms with Crippen LogP contribution in [0.25, 0.3) is 0 Å². The van der Waals surface area contributed by atoms with Crippen LogP contribution in [0.15, 0.2) is 6.07 Å². The number of hydrogen-bond acceptors (Lipinski definition) is 5. The first-order chi connectivity index (χ1) is 8.85. The molecule has 1 aliphatic heterocycles. The van der Waals surface area contributed by atoms with E-state index in [4.69, 9.17) is 43.6 Å². The minimum atomic E-state index is -1.13. The van der Waals surface area contributed by atoms with Crippen molar-refractivity contribution in [2.24, 2.45) is 5.73 Å². The lowest BCUT2D eigenvalue weighted by Gasteiger charge is -2.18. The monoisotopic (exact) mass is 300 g/mol. The van der Waals surface area contributed by atoms with Crippen molar-refractivity contribution in [3.05, 3.63) is 21.7 Å². The van der Waals surface area contributed by atoms with Gasteiger partial charge in [-0.15, -0.1) is 0 Å². The largest absolute Gasteiger partial charge is 0.493 e. The second-order valence-electron chi connectivity index (χ2n) is 4.54. The summed E-state index contributed by atoms with van der Waals surface area (Å²) in [5.74, 6) is 0.266. The van der Waals surface area contributed by atoms with Crippen molar-refractivity contribution in [2.45, 2.75) is 19.1 Å². The molecule has 0 fully saturated rings. The zero-order valence-corrected chi connectivity index (χ0v) is 11.6. The predicted molar refractivity (Wildman–Crippen MR) is 72.6 cm³/mol. The molecule has 1 heterocycles. The Bertz CT molecular complexity index is 560. The number of fused-ring (bicyclic) bond motifs is 1. The van der Waals surface area contributed by atoms with E-state index in [0.29, 0.717) is 16.0 Å². The maximum absolute atomic E-state index is 9.69. The number of nitrogens with zero attached hydrogens (tertiary/aromatic N) is 1. The minimum absolute atomic E-state index is 0.0463. The summed E-state index contributed by atoms with van der Waals surface area (Å²) in [5, 5.41) is 19.1. The fourth-order valence-corrected chi connectivity index (χ4v) is 2.25. The van der Waals surface area contributed by atoms with Crippen molar-refractivity contribution in [1.82, 2.24) is 0 Å². The summed E-state index contributed by atoms with van der Waals surface area (Å²) in [5.41, 5.74) is 5.56. The van der Waals surface area contributed by atoms with Gasteiger partial charge in [-0.2, -0.15) is 5.26 Å². The third-order valence-corrected chi connectivity index (χ3v) is 3.47. The van der Waals surface area contributed by atoms with Gasteiger partial charge in [0.05, 0.1) is 17.7 Å². The molecule has 19 heavy (non-hydrogen) atoms. The van der Waals surface area contributed by atoms with Crippen molar-refractivity contribution in [3.8, 4) is 11.8 Å². The fourth-order valence-electron chi connectivity index (χ4n) is 1.67. The molecule has 0 spiro atoms. The van der Waals surface area contributed by atoms with E-state index in [1.54, 1.807) is 0 Å². The van der Waals surface area contributed by atoms with E-state index in [2.05, 4.69) is 0 Å². The fraction of sp³-hybridized carbons (Fsp3) is 0.364. The number of halogens is 2. The zero-order chi connectivity index (χ0) is 14.2. The lowest BCUT2D eigenvalue weighted by Crippen LogP contribution is -2.41. The predicted octanol–water partition coefficient (Wildman–Crippen LogP) is 0.831. The van der Waals surface area contributed by atoms with Gasteiger partial charge in [0.15, 0.2) is 0 Å². The summed E-state index contributed by atoms with van der Waals surface area (Å²) in [6.07, 6.45) is 0. The van der Waals surface area contributed by atoms with E-state index < -0.39 is 12.7 Å². The first kappa shape index (κ1) is 14.4. The van der Waals surface area contributed by atoms with Crippen molar-refractivity contribution in [2.75, 3.05) is 6.61 Å².